The zero-order valence-corrected chi connectivity index (χ0v) is 10.3. The number of nitrogens with zero attached hydrogens (tertiary/aromatic N) is 1. The van der Waals surface area contributed by atoms with E-state index in [0.29, 0.717) is 12.1 Å². The second-order valence-electron chi connectivity index (χ2n) is 5.59. The maximum Gasteiger partial charge on any atom is 0.0219 e. The number of nitrogens with two attached hydrogens (primary N) is 1. The number of hydrogen-bond acceptors (Lipinski definition) is 2. The summed E-state index contributed by atoms with van der Waals surface area (Å²) in [5, 5.41) is 0. The molecule has 1 saturated carbocycles. The molecule has 1 aliphatic carbocycles. The first-order valence-electron chi connectivity index (χ1n) is 6.71. The van der Waals surface area contributed by atoms with Gasteiger partial charge >= 0.3 is 0 Å². The summed E-state index contributed by atoms with van der Waals surface area (Å²) in [6.45, 7) is 5.74. The third kappa shape index (κ3) is 2.36. The summed E-state index contributed by atoms with van der Waals surface area (Å²) in [5.41, 5.74) is 6.05. The maximum atomic E-state index is 6.05. The molecule has 0 aromatic rings. The largest absolute Gasteiger partial charge is 0.327 e. The highest BCUT2D eigenvalue weighted by molar-refractivity contribution is 4.91. The molecule has 15 heavy (non-hydrogen) atoms. The highest BCUT2D eigenvalue weighted by atomic mass is 15.2. The highest BCUT2D eigenvalue weighted by Gasteiger charge is 2.35. The van der Waals surface area contributed by atoms with Crippen molar-refractivity contribution < 1.29 is 0 Å². The van der Waals surface area contributed by atoms with E-state index in [0.717, 1.165) is 12.0 Å². The van der Waals surface area contributed by atoms with Crippen molar-refractivity contribution in [2.75, 3.05) is 6.54 Å². The molecule has 4 unspecified atom stereocenters. The Balaban J connectivity index is 2.03. The fourth-order valence-electron chi connectivity index (χ4n) is 3.47. The van der Waals surface area contributed by atoms with Crippen LogP contribution in [0.1, 0.15) is 52.4 Å². The molecule has 2 nitrogen and oxygen atoms in total. The summed E-state index contributed by atoms with van der Waals surface area (Å²) in [5.74, 6) is 0.980. The number of rotatable bonds is 2. The summed E-state index contributed by atoms with van der Waals surface area (Å²) in [7, 11) is 0. The van der Waals surface area contributed by atoms with E-state index in [1.807, 2.05) is 0 Å². The van der Waals surface area contributed by atoms with Gasteiger partial charge in [-0.2, -0.15) is 0 Å². The quantitative estimate of drug-likeness (QED) is 0.758. The van der Waals surface area contributed by atoms with Crippen LogP contribution in [0, 0.1) is 5.92 Å². The summed E-state index contributed by atoms with van der Waals surface area (Å²) < 4.78 is 0. The van der Waals surface area contributed by atoms with Crippen LogP contribution in [0.25, 0.3) is 0 Å². The monoisotopic (exact) mass is 210 g/mol. The molecule has 4 atom stereocenters. The van der Waals surface area contributed by atoms with Crippen molar-refractivity contribution in [3.05, 3.63) is 0 Å². The van der Waals surface area contributed by atoms with Gasteiger partial charge in [0.15, 0.2) is 0 Å². The van der Waals surface area contributed by atoms with Gasteiger partial charge in [0.2, 0.25) is 0 Å². The van der Waals surface area contributed by atoms with Crippen LogP contribution in [0.4, 0.5) is 0 Å². The van der Waals surface area contributed by atoms with Crippen LogP contribution < -0.4 is 5.73 Å². The number of piperidine rings is 1. The van der Waals surface area contributed by atoms with E-state index >= 15 is 0 Å². The van der Waals surface area contributed by atoms with Gasteiger partial charge in [-0.15, -0.1) is 0 Å². The molecule has 0 spiro atoms. The van der Waals surface area contributed by atoms with Crippen LogP contribution in [0.2, 0.25) is 0 Å². The molecule has 1 heterocycles. The zero-order valence-electron chi connectivity index (χ0n) is 10.3. The van der Waals surface area contributed by atoms with Crippen molar-refractivity contribution in [3.63, 3.8) is 0 Å². The Hall–Kier alpha value is -0.0800. The van der Waals surface area contributed by atoms with Gasteiger partial charge in [-0.25, -0.2) is 0 Å². The maximum absolute atomic E-state index is 6.05. The molecule has 2 heteroatoms. The Kier molecular flexibility index (Phi) is 3.68. The standard InChI is InChI=1S/C13H26N2/c1-10(14)11(2)15-9-5-7-12-6-3-4-8-13(12)15/h10-13H,3-9,14H2,1-2H3. The SMILES string of the molecule is CC(N)C(C)N1CCCC2CCCCC21. The predicted molar refractivity (Wildman–Crippen MR) is 64.8 cm³/mol. The third-order valence-electron chi connectivity index (χ3n) is 4.57. The summed E-state index contributed by atoms with van der Waals surface area (Å²) >= 11 is 0. The third-order valence-corrected chi connectivity index (χ3v) is 4.57. The molecule has 0 radical (unpaired) electrons. The van der Waals surface area contributed by atoms with Gasteiger partial charge in [-0.05, 0) is 52.0 Å². The first kappa shape index (κ1) is 11.4. The van der Waals surface area contributed by atoms with Gasteiger partial charge in [0.05, 0.1) is 0 Å². The molecule has 2 N–H and O–H groups in total. The van der Waals surface area contributed by atoms with E-state index in [2.05, 4.69) is 18.7 Å². The molecule has 88 valence electrons. The van der Waals surface area contributed by atoms with Gasteiger partial charge in [0, 0.05) is 18.1 Å². The van der Waals surface area contributed by atoms with E-state index < -0.39 is 0 Å². The molecular weight excluding hydrogens is 184 g/mol. The Morgan fingerprint density at radius 2 is 1.73 bits per heavy atom. The van der Waals surface area contributed by atoms with Crippen molar-refractivity contribution in [1.29, 1.82) is 0 Å². The van der Waals surface area contributed by atoms with Gasteiger partial charge in [-0.1, -0.05) is 12.8 Å². The predicted octanol–water partition coefficient (Wildman–Crippen LogP) is 2.38. The van der Waals surface area contributed by atoms with Gasteiger partial charge in [-0.3, -0.25) is 4.90 Å². The van der Waals surface area contributed by atoms with Gasteiger partial charge in [0.1, 0.15) is 0 Å². The average Bonchev–Trinajstić information content (AvgIpc) is 2.27. The second-order valence-corrected chi connectivity index (χ2v) is 5.59. The Labute approximate surface area is 94.2 Å². The Bertz CT molecular complexity index is 201. The van der Waals surface area contributed by atoms with Crippen LogP contribution >= 0.6 is 0 Å². The molecule has 2 fully saturated rings. The summed E-state index contributed by atoms with van der Waals surface area (Å²) in [4.78, 5) is 2.71. The molecule has 0 bridgehead atoms. The van der Waals surface area contributed by atoms with Gasteiger partial charge in [0.25, 0.3) is 0 Å². The first-order valence-corrected chi connectivity index (χ1v) is 6.71. The van der Waals surface area contributed by atoms with Crippen LogP contribution in [0.5, 0.6) is 0 Å². The lowest BCUT2D eigenvalue weighted by molar-refractivity contribution is 0.0250. The second kappa shape index (κ2) is 4.84. The van der Waals surface area contributed by atoms with Crippen molar-refractivity contribution in [2.24, 2.45) is 11.7 Å². The van der Waals surface area contributed by atoms with Crippen molar-refractivity contribution in [1.82, 2.24) is 4.90 Å². The lowest BCUT2D eigenvalue weighted by Gasteiger charge is -2.47. The topological polar surface area (TPSA) is 29.3 Å². The van der Waals surface area contributed by atoms with Crippen LogP contribution in [-0.2, 0) is 0 Å². The Morgan fingerprint density at radius 3 is 2.47 bits per heavy atom. The van der Waals surface area contributed by atoms with Crippen molar-refractivity contribution >= 4 is 0 Å². The molecular formula is C13H26N2. The lowest BCUT2D eigenvalue weighted by Crippen LogP contribution is -2.55. The summed E-state index contributed by atoms with van der Waals surface area (Å²) in [6.07, 6.45) is 8.63. The minimum absolute atomic E-state index is 0.311. The molecule has 1 saturated heterocycles. The minimum Gasteiger partial charge on any atom is -0.327 e. The van der Waals surface area contributed by atoms with E-state index in [1.54, 1.807) is 0 Å². The number of likely N-dealkylation sites (tertiary alicyclic amines) is 1. The smallest absolute Gasteiger partial charge is 0.0219 e. The average molecular weight is 210 g/mol. The van der Waals surface area contributed by atoms with Crippen LogP contribution in [-0.4, -0.2) is 29.6 Å². The fourth-order valence-corrected chi connectivity index (χ4v) is 3.47. The first-order chi connectivity index (χ1) is 7.20. The highest BCUT2D eigenvalue weighted by Crippen LogP contribution is 2.36. The van der Waals surface area contributed by atoms with Crippen molar-refractivity contribution in [3.8, 4) is 0 Å². The molecule has 2 rings (SSSR count). The minimum atomic E-state index is 0.311. The molecule has 1 aliphatic heterocycles. The van der Waals surface area contributed by atoms with Crippen LogP contribution in [0.3, 0.4) is 0 Å². The van der Waals surface area contributed by atoms with E-state index in [9.17, 15) is 0 Å². The van der Waals surface area contributed by atoms with E-state index in [4.69, 9.17) is 5.73 Å². The Morgan fingerprint density at radius 1 is 1.07 bits per heavy atom. The van der Waals surface area contributed by atoms with E-state index in [1.165, 1.54) is 45.1 Å². The van der Waals surface area contributed by atoms with Crippen LogP contribution in [0.15, 0.2) is 0 Å². The lowest BCUT2D eigenvalue weighted by atomic mass is 9.77. The summed E-state index contributed by atoms with van der Waals surface area (Å²) in [6, 6.07) is 1.73. The normalized spacial score (nSPS) is 37.0. The molecule has 0 amide bonds. The van der Waals surface area contributed by atoms with Crippen molar-refractivity contribution in [2.45, 2.75) is 70.5 Å². The molecule has 0 aromatic heterocycles. The zero-order chi connectivity index (χ0) is 10.8. The fraction of sp³-hybridized carbons (Fsp3) is 1.00. The molecule has 0 aromatic carbocycles. The molecule has 2 aliphatic rings. The number of hydrogen-bond donors (Lipinski definition) is 1. The van der Waals surface area contributed by atoms with E-state index in [-0.39, 0.29) is 0 Å². The number of fused-ring (bicyclic) bond motifs is 1. The van der Waals surface area contributed by atoms with Gasteiger partial charge < -0.3 is 5.73 Å².